The van der Waals surface area contributed by atoms with Crippen molar-refractivity contribution in [3.63, 3.8) is 0 Å². The Labute approximate surface area is 54.7 Å². The first kappa shape index (κ1) is 24.6. The summed E-state index contributed by atoms with van der Waals surface area (Å²) in [5.74, 6) is 0.440. The zero-order valence-corrected chi connectivity index (χ0v) is 3.73. The van der Waals surface area contributed by atoms with Gasteiger partial charge in [-0.15, -0.1) is 0 Å². The van der Waals surface area contributed by atoms with E-state index in [9.17, 15) is 0 Å². The molecule has 0 amide bonds. The first-order valence-electron chi connectivity index (χ1n) is 1.88. The molecule has 0 rings (SSSR count). The van der Waals surface area contributed by atoms with Crippen LogP contribution in [0, 0.1) is 5.92 Å². The third kappa shape index (κ3) is 38.2. The number of rotatable bonds is 1. The molecule has 0 fully saturated rings. The summed E-state index contributed by atoms with van der Waals surface area (Å²) in [5.41, 5.74) is 0. The van der Waals surface area contributed by atoms with Gasteiger partial charge in [-0.2, -0.15) is 0 Å². The van der Waals surface area contributed by atoms with Gasteiger partial charge in [0.15, 0.2) is 0 Å². The van der Waals surface area contributed by atoms with Crippen molar-refractivity contribution in [2.75, 3.05) is 6.61 Å². The molecule has 1 N–H and O–H groups in total. The lowest BCUT2D eigenvalue weighted by molar-refractivity contribution is 0.248. The van der Waals surface area contributed by atoms with Crippen LogP contribution in [0.5, 0.6) is 0 Å². The Morgan fingerprint density at radius 3 is 1.25 bits per heavy atom. The third-order valence-electron chi connectivity index (χ3n) is 0.365. The van der Waals surface area contributed by atoms with Crippen molar-refractivity contribution in [3.05, 3.63) is 0 Å². The first-order chi connectivity index (χ1) is 2.27. The Balaban J connectivity index is -0.0000000267. The van der Waals surface area contributed by atoms with E-state index in [1.807, 2.05) is 13.8 Å². The van der Waals surface area contributed by atoms with Gasteiger partial charge in [-0.1, -0.05) is 36.1 Å². The van der Waals surface area contributed by atoms with Gasteiger partial charge in [0.1, 0.15) is 0 Å². The zero-order chi connectivity index (χ0) is 4.28. The molecule has 1 heteroatoms. The SMILES string of the molecule is C.C.C.CC(C)CO. The van der Waals surface area contributed by atoms with E-state index in [4.69, 9.17) is 5.11 Å². The third-order valence-corrected chi connectivity index (χ3v) is 0.365. The van der Waals surface area contributed by atoms with Crippen LogP contribution >= 0.6 is 0 Å². The largest absolute Gasteiger partial charge is 0.396 e. The molecule has 0 saturated heterocycles. The van der Waals surface area contributed by atoms with Gasteiger partial charge in [-0.25, -0.2) is 0 Å². The summed E-state index contributed by atoms with van der Waals surface area (Å²) in [5, 5.41) is 8.14. The lowest BCUT2D eigenvalue weighted by Crippen LogP contribution is -1.90. The molecule has 0 aromatic carbocycles. The Morgan fingerprint density at radius 1 is 1.12 bits per heavy atom. The number of aliphatic hydroxyl groups is 1. The van der Waals surface area contributed by atoms with Crippen molar-refractivity contribution in [2.45, 2.75) is 36.1 Å². The van der Waals surface area contributed by atoms with E-state index >= 15 is 0 Å². The Kier molecular flexibility index (Phi) is 48.5. The van der Waals surface area contributed by atoms with Gasteiger partial charge in [0, 0.05) is 6.61 Å². The van der Waals surface area contributed by atoms with Crippen molar-refractivity contribution in [1.82, 2.24) is 0 Å². The Morgan fingerprint density at radius 2 is 1.25 bits per heavy atom. The minimum absolute atomic E-state index is 0. The minimum Gasteiger partial charge on any atom is -0.396 e. The van der Waals surface area contributed by atoms with Gasteiger partial charge >= 0.3 is 0 Å². The molecule has 0 heterocycles. The fraction of sp³-hybridized carbons (Fsp3) is 1.00. The first-order valence-corrected chi connectivity index (χ1v) is 1.88. The molecule has 0 bridgehead atoms. The van der Waals surface area contributed by atoms with Crippen LogP contribution in [0.4, 0.5) is 0 Å². The fourth-order valence-corrected chi connectivity index (χ4v) is 0. The van der Waals surface area contributed by atoms with E-state index in [-0.39, 0.29) is 22.3 Å². The topological polar surface area (TPSA) is 20.2 Å². The molecule has 1 nitrogen and oxygen atoms in total. The maximum atomic E-state index is 8.14. The van der Waals surface area contributed by atoms with Crippen molar-refractivity contribution in [1.29, 1.82) is 0 Å². The standard InChI is InChI=1S/C4H10O.3CH4/c1-4(2)3-5;;;/h4-5H,3H2,1-2H3;3*1H4. The number of hydrogen-bond donors (Lipinski definition) is 1. The van der Waals surface area contributed by atoms with Crippen LogP contribution in [-0.4, -0.2) is 11.7 Å². The van der Waals surface area contributed by atoms with E-state index in [1.54, 1.807) is 0 Å². The van der Waals surface area contributed by atoms with Crippen LogP contribution in [0.25, 0.3) is 0 Å². The van der Waals surface area contributed by atoms with Gasteiger partial charge in [0.05, 0.1) is 0 Å². The summed E-state index contributed by atoms with van der Waals surface area (Å²) in [6.45, 7) is 4.25. The zero-order valence-electron chi connectivity index (χ0n) is 3.73. The van der Waals surface area contributed by atoms with Gasteiger partial charge in [-0.3, -0.25) is 0 Å². The summed E-state index contributed by atoms with van der Waals surface area (Å²) in [6, 6.07) is 0. The minimum atomic E-state index is 0. The second-order valence-electron chi connectivity index (χ2n) is 1.58. The highest BCUT2D eigenvalue weighted by Gasteiger charge is 1.81. The van der Waals surface area contributed by atoms with Crippen LogP contribution in [-0.2, 0) is 0 Å². The van der Waals surface area contributed by atoms with Crippen LogP contribution in [0.2, 0.25) is 0 Å². The van der Waals surface area contributed by atoms with E-state index in [2.05, 4.69) is 0 Å². The molecule has 56 valence electrons. The second kappa shape index (κ2) is 15.8. The highest BCUT2D eigenvalue weighted by Crippen LogP contribution is 1.83. The van der Waals surface area contributed by atoms with E-state index in [0.29, 0.717) is 12.5 Å². The van der Waals surface area contributed by atoms with E-state index in [1.165, 1.54) is 0 Å². The molecule has 0 atom stereocenters. The molecule has 0 aliphatic carbocycles. The van der Waals surface area contributed by atoms with Crippen molar-refractivity contribution in [3.8, 4) is 0 Å². The van der Waals surface area contributed by atoms with Gasteiger partial charge < -0.3 is 5.11 Å². The number of aliphatic hydroxyl groups excluding tert-OH is 1. The van der Waals surface area contributed by atoms with Crippen molar-refractivity contribution >= 4 is 0 Å². The summed E-state index contributed by atoms with van der Waals surface area (Å²) >= 11 is 0. The molecule has 8 heavy (non-hydrogen) atoms. The summed E-state index contributed by atoms with van der Waals surface area (Å²) in [4.78, 5) is 0. The second-order valence-corrected chi connectivity index (χ2v) is 1.58. The molecule has 0 aromatic heterocycles. The number of hydrogen-bond acceptors (Lipinski definition) is 1. The molecular formula is C7H22O. The predicted octanol–water partition coefficient (Wildman–Crippen LogP) is 2.54. The Hall–Kier alpha value is -0.0400. The highest BCUT2D eigenvalue weighted by atomic mass is 16.3. The van der Waals surface area contributed by atoms with Gasteiger partial charge in [0.2, 0.25) is 0 Å². The lowest BCUT2D eigenvalue weighted by Gasteiger charge is -1.90. The predicted molar refractivity (Wildman–Crippen MR) is 42.1 cm³/mol. The summed E-state index contributed by atoms with van der Waals surface area (Å²) in [6.07, 6.45) is 0. The van der Waals surface area contributed by atoms with Crippen LogP contribution in [0.1, 0.15) is 36.1 Å². The average molecular weight is 122 g/mol. The monoisotopic (exact) mass is 122 g/mol. The summed E-state index contributed by atoms with van der Waals surface area (Å²) < 4.78 is 0. The molecule has 0 aromatic rings. The smallest absolute Gasteiger partial charge is 0.0453 e. The molecule has 0 saturated carbocycles. The molecular weight excluding hydrogens is 100 g/mol. The van der Waals surface area contributed by atoms with E-state index in [0.717, 1.165) is 0 Å². The van der Waals surface area contributed by atoms with Crippen molar-refractivity contribution < 1.29 is 5.11 Å². The van der Waals surface area contributed by atoms with E-state index < -0.39 is 0 Å². The van der Waals surface area contributed by atoms with Crippen LogP contribution in [0.15, 0.2) is 0 Å². The van der Waals surface area contributed by atoms with Crippen molar-refractivity contribution in [2.24, 2.45) is 5.92 Å². The average Bonchev–Trinajstić information content (AvgIpc) is 1.38. The molecule has 0 aliphatic rings. The molecule has 0 aliphatic heterocycles. The molecule has 0 unspecified atom stereocenters. The van der Waals surface area contributed by atoms with Crippen LogP contribution < -0.4 is 0 Å². The van der Waals surface area contributed by atoms with Gasteiger partial charge in [0.25, 0.3) is 0 Å². The Bertz CT molecular complexity index is 18.3. The highest BCUT2D eigenvalue weighted by molar-refractivity contribution is 4.32. The fourth-order valence-electron chi connectivity index (χ4n) is 0. The lowest BCUT2D eigenvalue weighted by atomic mass is 10.2. The normalized spacial score (nSPS) is 6.00. The maximum Gasteiger partial charge on any atom is 0.0453 e. The van der Waals surface area contributed by atoms with Gasteiger partial charge in [-0.05, 0) is 5.92 Å². The molecule has 0 radical (unpaired) electrons. The maximum absolute atomic E-state index is 8.14. The van der Waals surface area contributed by atoms with Crippen LogP contribution in [0.3, 0.4) is 0 Å². The summed E-state index contributed by atoms with van der Waals surface area (Å²) in [7, 11) is 0. The molecule has 0 spiro atoms. The quantitative estimate of drug-likeness (QED) is 0.566.